The Balaban J connectivity index is 3.97. The number of hydrogen-bond donors (Lipinski definition) is 0. The van der Waals surface area contributed by atoms with Crippen LogP contribution in [0.4, 0.5) is 0 Å². The highest BCUT2D eigenvalue weighted by atomic mass is 32.2. The van der Waals surface area contributed by atoms with Gasteiger partial charge in [0, 0.05) is 6.26 Å². The van der Waals surface area contributed by atoms with Crippen LogP contribution in [-0.4, -0.2) is 19.9 Å². The van der Waals surface area contributed by atoms with Gasteiger partial charge in [0.25, 0.3) is 0 Å². The Morgan fingerprint density at radius 2 is 1.27 bits per heavy atom. The van der Waals surface area contributed by atoms with Crippen LogP contribution >= 0.6 is 0 Å². The number of sulfone groups is 1. The molecule has 2 nitrogen and oxygen atoms in total. The molecule has 0 aliphatic heterocycles. The van der Waals surface area contributed by atoms with E-state index in [1.807, 2.05) is 0 Å². The minimum absolute atomic E-state index is 0.0874. The Morgan fingerprint density at radius 3 is 1.53 bits per heavy atom. The van der Waals surface area contributed by atoms with Crippen LogP contribution in [0.3, 0.4) is 0 Å². The average molecular weight is 234 g/mol. The third-order valence-corrected chi connectivity index (χ3v) is 4.55. The molecule has 0 heterocycles. The third-order valence-electron chi connectivity index (χ3n) is 2.86. The van der Waals surface area contributed by atoms with Crippen LogP contribution in [0.25, 0.3) is 0 Å². The van der Waals surface area contributed by atoms with Crippen LogP contribution in [0.2, 0.25) is 0 Å². The molecule has 0 aromatic carbocycles. The molecule has 0 aromatic rings. The van der Waals surface area contributed by atoms with Gasteiger partial charge in [-0.1, -0.05) is 52.4 Å². The Morgan fingerprint density at radius 1 is 0.867 bits per heavy atom. The van der Waals surface area contributed by atoms with Gasteiger partial charge in [0.2, 0.25) is 0 Å². The molecule has 15 heavy (non-hydrogen) atoms. The van der Waals surface area contributed by atoms with Crippen molar-refractivity contribution in [3.8, 4) is 0 Å². The molecule has 0 saturated heterocycles. The van der Waals surface area contributed by atoms with Crippen LogP contribution in [0.5, 0.6) is 0 Å². The molecule has 0 aromatic heterocycles. The maximum Gasteiger partial charge on any atom is 0.150 e. The highest BCUT2D eigenvalue weighted by Gasteiger charge is 2.19. The molecule has 3 heteroatoms. The van der Waals surface area contributed by atoms with Crippen LogP contribution in [0, 0.1) is 0 Å². The van der Waals surface area contributed by atoms with Crippen molar-refractivity contribution in [3.63, 3.8) is 0 Å². The normalized spacial score (nSPS) is 12.3. The summed E-state index contributed by atoms with van der Waals surface area (Å²) in [4.78, 5) is 0. The second-order valence-electron chi connectivity index (χ2n) is 4.44. The predicted octanol–water partition coefficient (Wildman–Crippen LogP) is 3.56. The van der Waals surface area contributed by atoms with E-state index in [1.165, 1.54) is 6.26 Å². The summed E-state index contributed by atoms with van der Waals surface area (Å²) >= 11 is 0. The third kappa shape index (κ3) is 7.83. The lowest BCUT2D eigenvalue weighted by Crippen LogP contribution is -2.19. The van der Waals surface area contributed by atoms with E-state index in [0.29, 0.717) is 0 Å². The molecule has 0 aliphatic carbocycles. The minimum atomic E-state index is -2.83. The molecule has 0 atom stereocenters. The zero-order chi connectivity index (χ0) is 11.7. The number of rotatable bonds is 9. The van der Waals surface area contributed by atoms with E-state index in [9.17, 15) is 8.42 Å². The lowest BCUT2D eigenvalue weighted by atomic mass is 10.1. The Bertz CT molecular complexity index is 222. The standard InChI is InChI=1S/C12H26O2S/c1-4-6-8-10-12(15(3,13)14)11-9-7-5-2/h12H,4-11H2,1-3H3. The fourth-order valence-corrected chi connectivity index (χ4v) is 3.01. The van der Waals surface area contributed by atoms with E-state index >= 15 is 0 Å². The molecule has 0 rings (SSSR count). The number of hydrogen-bond acceptors (Lipinski definition) is 2. The summed E-state index contributed by atoms with van der Waals surface area (Å²) in [7, 11) is -2.83. The largest absolute Gasteiger partial charge is 0.229 e. The predicted molar refractivity (Wildman–Crippen MR) is 66.9 cm³/mol. The van der Waals surface area contributed by atoms with Crippen molar-refractivity contribution in [2.24, 2.45) is 0 Å². The van der Waals surface area contributed by atoms with Crippen molar-refractivity contribution in [2.75, 3.05) is 6.26 Å². The summed E-state index contributed by atoms with van der Waals surface area (Å²) < 4.78 is 23.0. The van der Waals surface area contributed by atoms with Crippen molar-refractivity contribution in [2.45, 2.75) is 70.5 Å². The van der Waals surface area contributed by atoms with E-state index in [-0.39, 0.29) is 5.25 Å². The van der Waals surface area contributed by atoms with E-state index in [1.54, 1.807) is 0 Å². The van der Waals surface area contributed by atoms with E-state index in [2.05, 4.69) is 13.8 Å². The van der Waals surface area contributed by atoms with Gasteiger partial charge >= 0.3 is 0 Å². The monoisotopic (exact) mass is 234 g/mol. The van der Waals surface area contributed by atoms with E-state index < -0.39 is 9.84 Å². The molecular weight excluding hydrogens is 208 g/mol. The van der Waals surface area contributed by atoms with Gasteiger partial charge in [-0.2, -0.15) is 0 Å². The minimum Gasteiger partial charge on any atom is -0.229 e. The summed E-state index contributed by atoms with van der Waals surface area (Å²) in [6.45, 7) is 4.29. The smallest absolute Gasteiger partial charge is 0.150 e. The Labute approximate surface area is 95.4 Å². The second kappa shape index (κ2) is 8.14. The van der Waals surface area contributed by atoms with Crippen molar-refractivity contribution in [1.29, 1.82) is 0 Å². The summed E-state index contributed by atoms with van der Waals surface area (Å²) in [6, 6.07) is 0. The van der Waals surface area contributed by atoms with Crippen molar-refractivity contribution in [3.05, 3.63) is 0 Å². The number of unbranched alkanes of at least 4 members (excludes halogenated alkanes) is 4. The average Bonchev–Trinajstić information content (AvgIpc) is 2.14. The van der Waals surface area contributed by atoms with E-state index in [0.717, 1.165) is 51.4 Å². The molecule has 0 saturated carbocycles. The fraction of sp³-hybridized carbons (Fsp3) is 1.00. The molecule has 0 aliphatic rings. The lowest BCUT2D eigenvalue weighted by molar-refractivity contribution is 0.533. The quantitative estimate of drug-likeness (QED) is 0.572. The maximum absolute atomic E-state index is 11.5. The van der Waals surface area contributed by atoms with E-state index in [4.69, 9.17) is 0 Å². The molecule has 0 bridgehead atoms. The SMILES string of the molecule is CCCCCC(CCCCC)S(C)(=O)=O. The molecular formula is C12H26O2S. The van der Waals surface area contributed by atoms with Gasteiger partial charge in [-0.05, 0) is 12.8 Å². The Hall–Kier alpha value is -0.0500. The molecule has 0 spiro atoms. The highest BCUT2D eigenvalue weighted by Crippen LogP contribution is 2.17. The van der Waals surface area contributed by atoms with Gasteiger partial charge in [-0.25, -0.2) is 8.42 Å². The van der Waals surface area contributed by atoms with Gasteiger partial charge in [0.05, 0.1) is 5.25 Å². The zero-order valence-corrected chi connectivity index (χ0v) is 11.3. The van der Waals surface area contributed by atoms with Crippen molar-refractivity contribution < 1.29 is 8.42 Å². The molecule has 0 unspecified atom stereocenters. The topological polar surface area (TPSA) is 34.1 Å². The molecule has 0 radical (unpaired) electrons. The molecule has 92 valence electrons. The van der Waals surface area contributed by atoms with Crippen LogP contribution < -0.4 is 0 Å². The van der Waals surface area contributed by atoms with Crippen LogP contribution in [0.15, 0.2) is 0 Å². The molecule has 0 amide bonds. The van der Waals surface area contributed by atoms with Crippen molar-refractivity contribution in [1.82, 2.24) is 0 Å². The molecule has 0 N–H and O–H groups in total. The van der Waals surface area contributed by atoms with Gasteiger partial charge in [0.1, 0.15) is 9.84 Å². The zero-order valence-electron chi connectivity index (χ0n) is 10.5. The summed E-state index contributed by atoms with van der Waals surface area (Å²) in [5.74, 6) is 0. The highest BCUT2D eigenvalue weighted by molar-refractivity contribution is 7.91. The van der Waals surface area contributed by atoms with Crippen LogP contribution in [-0.2, 0) is 9.84 Å². The summed E-state index contributed by atoms with van der Waals surface area (Å²) in [5, 5.41) is -0.0874. The van der Waals surface area contributed by atoms with Gasteiger partial charge in [0.15, 0.2) is 0 Å². The maximum atomic E-state index is 11.5. The fourth-order valence-electron chi connectivity index (χ4n) is 1.82. The first-order chi connectivity index (χ1) is 7.02. The first-order valence-electron chi connectivity index (χ1n) is 6.21. The second-order valence-corrected chi connectivity index (χ2v) is 6.77. The summed E-state index contributed by atoms with van der Waals surface area (Å²) in [6.07, 6.45) is 9.83. The molecule has 0 fully saturated rings. The van der Waals surface area contributed by atoms with Crippen LogP contribution in [0.1, 0.15) is 65.2 Å². The van der Waals surface area contributed by atoms with Gasteiger partial charge < -0.3 is 0 Å². The Kier molecular flexibility index (Phi) is 8.12. The first kappa shape index (κ1) is 14.9. The van der Waals surface area contributed by atoms with Crippen molar-refractivity contribution >= 4 is 9.84 Å². The lowest BCUT2D eigenvalue weighted by Gasteiger charge is -2.14. The van der Waals surface area contributed by atoms with Gasteiger partial charge in [-0.3, -0.25) is 0 Å². The summed E-state index contributed by atoms with van der Waals surface area (Å²) in [5.41, 5.74) is 0. The first-order valence-corrected chi connectivity index (χ1v) is 8.16. The van der Waals surface area contributed by atoms with Gasteiger partial charge in [-0.15, -0.1) is 0 Å².